The Bertz CT molecular complexity index is 783. The van der Waals surface area contributed by atoms with Crippen LogP contribution >= 0.6 is 11.6 Å². The molecule has 3 rings (SSSR count). The summed E-state index contributed by atoms with van der Waals surface area (Å²) in [6.45, 7) is 3.41. The normalized spacial score (nSPS) is 21.8. The molecule has 158 valence electrons. The number of amides is 1. The zero-order valence-corrected chi connectivity index (χ0v) is 17.1. The number of aliphatic hydroxyl groups is 1. The smallest absolute Gasteiger partial charge is 0.255 e. The van der Waals surface area contributed by atoms with Crippen LogP contribution in [-0.2, 0) is 0 Å². The molecule has 2 heterocycles. The Morgan fingerprint density at radius 1 is 1.41 bits per heavy atom. The number of nitrogens with two attached hydrogens (primary N) is 1. The number of anilines is 1. The van der Waals surface area contributed by atoms with Gasteiger partial charge in [0.05, 0.1) is 36.6 Å². The number of unbranched alkanes of at least 4 members (excludes halogenated alkanes) is 1. The second-order valence-corrected chi connectivity index (χ2v) is 7.80. The Labute approximate surface area is 175 Å². The number of rotatable bonds is 6. The van der Waals surface area contributed by atoms with E-state index in [1.165, 1.54) is 6.07 Å². The van der Waals surface area contributed by atoms with Gasteiger partial charge in [0.1, 0.15) is 5.02 Å². The van der Waals surface area contributed by atoms with Gasteiger partial charge in [-0.25, -0.2) is 0 Å². The summed E-state index contributed by atoms with van der Waals surface area (Å²) in [7, 11) is 0. The van der Waals surface area contributed by atoms with Crippen LogP contribution in [0.4, 0.5) is 5.69 Å². The van der Waals surface area contributed by atoms with Crippen LogP contribution in [0.2, 0.25) is 5.02 Å². The number of nitriles is 1. The predicted octanol–water partition coefficient (Wildman–Crippen LogP) is 1.80. The topological polar surface area (TPSA) is 121 Å². The highest BCUT2D eigenvalue weighted by molar-refractivity contribution is 6.35. The average Bonchev–Trinajstić information content (AvgIpc) is 2.96. The molecule has 0 radical (unpaired) electrons. The second-order valence-electron chi connectivity index (χ2n) is 7.42. The van der Waals surface area contributed by atoms with E-state index in [9.17, 15) is 9.90 Å². The van der Waals surface area contributed by atoms with Crippen molar-refractivity contribution in [3.63, 3.8) is 0 Å². The molecule has 1 aromatic carbocycles. The van der Waals surface area contributed by atoms with Crippen LogP contribution in [-0.4, -0.2) is 61.4 Å². The summed E-state index contributed by atoms with van der Waals surface area (Å²) >= 11 is 6.22. The van der Waals surface area contributed by atoms with Crippen LogP contribution in [0.1, 0.15) is 36.0 Å². The fourth-order valence-electron chi connectivity index (χ4n) is 3.67. The van der Waals surface area contributed by atoms with Crippen LogP contribution in [0.15, 0.2) is 6.07 Å². The maximum atomic E-state index is 12.8. The van der Waals surface area contributed by atoms with Gasteiger partial charge in [-0.05, 0) is 32.0 Å². The Hall–Kier alpha value is -2.21. The Morgan fingerprint density at radius 2 is 2.17 bits per heavy atom. The Kier molecular flexibility index (Phi) is 7.42. The second kappa shape index (κ2) is 10.0. The largest absolute Gasteiger partial charge is 0.489 e. The maximum Gasteiger partial charge on any atom is 0.255 e. The molecule has 8 nitrogen and oxygen atoms in total. The van der Waals surface area contributed by atoms with Crippen molar-refractivity contribution in [3.8, 4) is 17.6 Å². The fourth-order valence-corrected chi connectivity index (χ4v) is 3.87. The van der Waals surface area contributed by atoms with Crippen LogP contribution in [0.3, 0.4) is 0 Å². The molecule has 2 aliphatic heterocycles. The molecular formula is C20H27ClN4O4. The lowest BCUT2D eigenvalue weighted by atomic mass is 9.93. The van der Waals surface area contributed by atoms with Gasteiger partial charge in [-0.2, -0.15) is 5.26 Å². The quantitative estimate of drug-likeness (QED) is 0.472. The minimum absolute atomic E-state index is 0.0356. The third kappa shape index (κ3) is 5.24. The molecule has 1 unspecified atom stereocenters. The van der Waals surface area contributed by atoms with Gasteiger partial charge in [0.15, 0.2) is 11.5 Å². The van der Waals surface area contributed by atoms with E-state index < -0.39 is 6.10 Å². The van der Waals surface area contributed by atoms with Crippen molar-refractivity contribution in [1.29, 1.82) is 5.26 Å². The van der Waals surface area contributed by atoms with Crippen LogP contribution in [0.5, 0.6) is 11.5 Å². The number of nitrogens with one attached hydrogen (secondary N) is 1. The van der Waals surface area contributed by atoms with Crippen molar-refractivity contribution in [1.82, 2.24) is 10.2 Å². The van der Waals surface area contributed by atoms with Crippen molar-refractivity contribution in [2.75, 3.05) is 45.1 Å². The van der Waals surface area contributed by atoms with Gasteiger partial charge in [0.2, 0.25) is 0 Å². The molecule has 4 N–H and O–H groups in total. The van der Waals surface area contributed by atoms with E-state index in [1.54, 1.807) is 0 Å². The van der Waals surface area contributed by atoms with Gasteiger partial charge in [0.25, 0.3) is 5.91 Å². The summed E-state index contributed by atoms with van der Waals surface area (Å²) in [5, 5.41) is 22.2. The highest BCUT2D eigenvalue weighted by Gasteiger charge is 2.29. The highest BCUT2D eigenvalue weighted by Crippen LogP contribution is 2.43. The number of nitrogen functional groups attached to an aromatic ring is 1. The van der Waals surface area contributed by atoms with Gasteiger partial charge in [-0.1, -0.05) is 11.6 Å². The maximum absolute atomic E-state index is 12.8. The third-order valence-corrected chi connectivity index (χ3v) is 5.71. The molecule has 0 spiro atoms. The van der Waals surface area contributed by atoms with Gasteiger partial charge < -0.3 is 30.5 Å². The fraction of sp³-hybridized carbons (Fsp3) is 0.600. The molecule has 0 aliphatic carbocycles. The lowest BCUT2D eigenvalue weighted by molar-refractivity contribution is 0.0219. The van der Waals surface area contributed by atoms with Crippen LogP contribution in [0, 0.1) is 17.2 Å². The zero-order chi connectivity index (χ0) is 20.8. The molecule has 2 atom stereocenters. The number of fused-ring (bicyclic) bond motifs is 1. The number of carbonyl (C=O) groups is 1. The number of carbonyl (C=O) groups excluding carboxylic acids is 1. The van der Waals surface area contributed by atoms with Gasteiger partial charge in [-0.3, -0.25) is 4.79 Å². The third-order valence-electron chi connectivity index (χ3n) is 5.32. The molecule has 1 fully saturated rings. The van der Waals surface area contributed by atoms with Gasteiger partial charge >= 0.3 is 0 Å². The first-order valence-electron chi connectivity index (χ1n) is 9.94. The predicted molar refractivity (Wildman–Crippen MR) is 109 cm³/mol. The first-order chi connectivity index (χ1) is 14.0. The number of aliphatic hydroxyl groups excluding tert-OH is 1. The van der Waals surface area contributed by atoms with Gasteiger partial charge in [0, 0.05) is 31.8 Å². The standard InChI is InChI=1S/C20H27ClN4O4/c21-17-15(23)10-14(18-19(17)29-9-3-8-28-18)20(27)24-11-13-4-7-25(12-16(13)26)6-2-1-5-22/h10,13,16,26H,1-4,6-9,11-12,23H2,(H,24,27)/t13-,16?/m0/s1. The lowest BCUT2D eigenvalue weighted by Crippen LogP contribution is -2.47. The number of hydrogen-bond donors (Lipinski definition) is 3. The van der Waals surface area contributed by atoms with Crippen molar-refractivity contribution >= 4 is 23.2 Å². The first kappa shape index (κ1) is 21.5. The number of piperidine rings is 1. The number of likely N-dealkylation sites (tertiary alicyclic amines) is 1. The summed E-state index contributed by atoms with van der Waals surface area (Å²) in [4.78, 5) is 15.0. The zero-order valence-electron chi connectivity index (χ0n) is 16.3. The summed E-state index contributed by atoms with van der Waals surface area (Å²) in [6, 6.07) is 3.63. The molecule has 0 bridgehead atoms. The molecule has 1 saturated heterocycles. The Balaban J connectivity index is 1.60. The number of ether oxygens (including phenoxy) is 2. The molecule has 0 aromatic heterocycles. The van der Waals surface area contributed by atoms with Crippen molar-refractivity contribution < 1.29 is 19.4 Å². The number of β-amino-alcohol motifs (C(OH)–C–C–N with tert-alkyl or cyclic N) is 1. The van der Waals surface area contributed by atoms with Crippen molar-refractivity contribution in [2.45, 2.75) is 31.8 Å². The highest BCUT2D eigenvalue weighted by atomic mass is 35.5. The van der Waals surface area contributed by atoms with Crippen molar-refractivity contribution in [3.05, 3.63) is 16.7 Å². The Morgan fingerprint density at radius 3 is 2.90 bits per heavy atom. The number of benzene rings is 1. The molecule has 2 aliphatic rings. The minimum Gasteiger partial charge on any atom is -0.489 e. The minimum atomic E-state index is -0.530. The number of halogens is 1. The average molecular weight is 423 g/mol. The summed E-state index contributed by atoms with van der Waals surface area (Å²) in [6.07, 6.45) is 2.25. The summed E-state index contributed by atoms with van der Waals surface area (Å²) < 4.78 is 11.3. The van der Waals surface area contributed by atoms with E-state index in [2.05, 4.69) is 16.3 Å². The van der Waals surface area contributed by atoms with E-state index in [-0.39, 0.29) is 28.1 Å². The molecule has 1 amide bonds. The van der Waals surface area contributed by atoms with Gasteiger partial charge in [-0.15, -0.1) is 0 Å². The van der Waals surface area contributed by atoms with E-state index in [0.29, 0.717) is 50.6 Å². The summed E-state index contributed by atoms with van der Waals surface area (Å²) in [5.74, 6) is 0.248. The monoisotopic (exact) mass is 422 g/mol. The molecule has 9 heteroatoms. The number of hydrogen-bond acceptors (Lipinski definition) is 7. The summed E-state index contributed by atoms with van der Waals surface area (Å²) in [5.41, 5.74) is 6.49. The number of nitrogens with zero attached hydrogens (tertiary/aromatic N) is 2. The van der Waals surface area contributed by atoms with Crippen LogP contribution in [0.25, 0.3) is 0 Å². The molecular weight excluding hydrogens is 396 g/mol. The lowest BCUT2D eigenvalue weighted by Gasteiger charge is -2.36. The van der Waals surface area contributed by atoms with Crippen LogP contribution < -0.4 is 20.5 Å². The van der Waals surface area contributed by atoms with Crippen molar-refractivity contribution in [2.24, 2.45) is 5.92 Å². The molecule has 0 saturated carbocycles. The molecule has 1 aromatic rings. The van der Waals surface area contributed by atoms with E-state index in [4.69, 9.17) is 32.1 Å². The first-order valence-corrected chi connectivity index (χ1v) is 10.3. The van der Waals surface area contributed by atoms with E-state index in [0.717, 1.165) is 25.9 Å². The SMILES string of the molecule is N#CCCCN1CC[C@@H](CNC(=O)c2cc(N)c(Cl)c3c2OCCCO3)C(O)C1. The van der Waals surface area contributed by atoms with E-state index >= 15 is 0 Å². The van der Waals surface area contributed by atoms with E-state index in [1.807, 2.05) is 0 Å². The molecule has 29 heavy (non-hydrogen) atoms.